The van der Waals surface area contributed by atoms with E-state index in [1.165, 1.54) is 17.4 Å². The summed E-state index contributed by atoms with van der Waals surface area (Å²) in [4.78, 5) is 0.756. The van der Waals surface area contributed by atoms with Gasteiger partial charge < -0.3 is 8.83 Å². The predicted octanol–water partition coefficient (Wildman–Crippen LogP) is 3.35. The number of fused-ring (bicyclic) bond motifs is 1. The minimum absolute atomic E-state index is 0.213. The van der Waals surface area contributed by atoms with Gasteiger partial charge >= 0.3 is 6.01 Å². The lowest BCUT2D eigenvalue weighted by Crippen LogP contribution is -2.12. The molecule has 0 unspecified atom stereocenters. The van der Waals surface area contributed by atoms with Crippen LogP contribution in [0.3, 0.4) is 0 Å². The molecule has 9 heteroatoms. The van der Waals surface area contributed by atoms with E-state index in [-0.39, 0.29) is 17.0 Å². The van der Waals surface area contributed by atoms with Crippen LogP contribution >= 0.6 is 11.3 Å². The maximum atomic E-state index is 12.3. The van der Waals surface area contributed by atoms with Crippen LogP contribution in [0.2, 0.25) is 0 Å². The van der Waals surface area contributed by atoms with Crippen molar-refractivity contribution >= 4 is 38.3 Å². The highest BCUT2D eigenvalue weighted by Crippen LogP contribution is 2.27. The van der Waals surface area contributed by atoms with E-state index in [4.69, 9.17) is 8.83 Å². The SMILES string of the molecule is O=S(=O)(Nc1nnc(-c2cccs2)o1)c1cc2ccccc2o1. The molecule has 7 nitrogen and oxygen atoms in total. The summed E-state index contributed by atoms with van der Waals surface area (Å²) in [5.74, 6) is 0.252. The number of anilines is 1. The first-order valence-electron chi connectivity index (χ1n) is 6.51. The van der Waals surface area contributed by atoms with Crippen LogP contribution in [-0.2, 0) is 10.0 Å². The van der Waals surface area contributed by atoms with Gasteiger partial charge in [-0.05, 0) is 17.5 Å². The molecule has 3 heterocycles. The fourth-order valence-electron chi connectivity index (χ4n) is 2.02. The molecule has 0 spiro atoms. The molecule has 0 amide bonds. The molecule has 4 rings (SSSR count). The number of hydrogen-bond acceptors (Lipinski definition) is 7. The number of furan rings is 1. The molecule has 0 saturated heterocycles. The van der Waals surface area contributed by atoms with Crippen LogP contribution in [0.1, 0.15) is 0 Å². The first-order chi connectivity index (χ1) is 11.1. The Morgan fingerprint density at radius 2 is 1.91 bits per heavy atom. The van der Waals surface area contributed by atoms with Gasteiger partial charge in [-0.3, -0.25) is 0 Å². The summed E-state index contributed by atoms with van der Waals surface area (Å²) in [5, 5.41) is 9.85. The number of nitrogens with one attached hydrogen (secondary N) is 1. The van der Waals surface area contributed by atoms with Crippen LogP contribution in [0.4, 0.5) is 6.01 Å². The molecule has 0 aliphatic rings. The van der Waals surface area contributed by atoms with E-state index in [0.717, 1.165) is 4.88 Å². The van der Waals surface area contributed by atoms with Crippen LogP contribution in [0.15, 0.2) is 61.8 Å². The number of benzene rings is 1. The van der Waals surface area contributed by atoms with Gasteiger partial charge in [0.1, 0.15) is 5.58 Å². The van der Waals surface area contributed by atoms with E-state index >= 15 is 0 Å². The van der Waals surface area contributed by atoms with Crippen molar-refractivity contribution in [3.8, 4) is 10.8 Å². The molecule has 0 aliphatic heterocycles. The molecule has 4 aromatic rings. The second-order valence-corrected chi connectivity index (χ2v) is 7.16. The van der Waals surface area contributed by atoms with E-state index in [9.17, 15) is 8.42 Å². The third-order valence-electron chi connectivity index (χ3n) is 3.05. The molecular formula is C14H9N3O4S2. The van der Waals surface area contributed by atoms with E-state index in [1.54, 1.807) is 30.3 Å². The van der Waals surface area contributed by atoms with Gasteiger partial charge in [-0.15, -0.1) is 16.4 Å². The molecule has 23 heavy (non-hydrogen) atoms. The van der Waals surface area contributed by atoms with Gasteiger partial charge in [0.15, 0.2) is 0 Å². The fourth-order valence-corrected chi connectivity index (χ4v) is 3.56. The monoisotopic (exact) mass is 347 g/mol. The van der Waals surface area contributed by atoms with Crippen molar-refractivity contribution < 1.29 is 17.3 Å². The summed E-state index contributed by atoms with van der Waals surface area (Å²) in [6.45, 7) is 0. The highest BCUT2D eigenvalue weighted by atomic mass is 32.2. The zero-order valence-corrected chi connectivity index (χ0v) is 13.1. The summed E-state index contributed by atoms with van der Waals surface area (Å²) in [6, 6.07) is 11.9. The number of sulfonamides is 1. The minimum atomic E-state index is -3.94. The van der Waals surface area contributed by atoms with Crippen molar-refractivity contribution in [1.29, 1.82) is 0 Å². The smallest absolute Gasteiger partial charge is 0.330 e. The lowest BCUT2D eigenvalue weighted by molar-refractivity contribution is 0.482. The Hall–Kier alpha value is -2.65. The second kappa shape index (κ2) is 5.21. The topological polar surface area (TPSA) is 98.2 Å². The quantitative estimate of drug-likeness (QED) is 0.608. The average Bonchev–Trinajstić information content (AvgIpc) is 3.26. The van der Waals surface area contributed by atoms with E-state index in [1.807, 2.05) is 11.4 Å². The number of aromatic nitrogens is 2. The first kappa shape index (κ1) is 14.0. The summed E-state index contributed by atoms with van der Waals surface area (Å²) in [6.07, 6.45) is 0. The molecular weight excluding hydrogens is 338 g/mol. The molecule has 0 bridgehead atoms. The third kappa shape index (κ3) is 2.60. The van der Waals surface area contributed by atoms with Crippen LogP contribution in [0.25, 0.3) is 21.7 Å². The average molecular weight is 347 g/mol. The maximum absolute atomic E-state index is 12.3. The summed E-state index contributed by atoms with van der Waals surface area (Å²) in [5.41, 5.74) is 0.484. The zero-order valence-electron chi connectivity index (χ0n) is 11.5. The number of rotatable bonds is 4. The molecule has 1 aromatic carbocycles. The van der Waals surface area contributed by atoms with Gasteiger partial charge in [-0.25, -0.2) is 4.72 Å². The van der Waals surface area contributed by atoms with Crippen molar-refractivity contribution in [2.75, 3.05) is 4.72 Å². The normalized spacial score (nSPS) is 11.8. The van der Waals surface area contributed by atoms with Gasteiger partial charge in [-0.1, -0.05) is 29.4 Å². The van der Waals surface area contributed by atoms with Gasteiger partial charge in [0.2, 0.25) is 5.09 Å². The predicted molar refractivity (Wildman–Crippen MR) is 84.6 cm³/mol. The first-order valence-corrected chi connectivity index (χ1v) is 8.87. The number of nitrogens with zero attached hydrogens (tertiary/aromatic N) is 2. The Morgan fingerprint density at radius 1 is 1.04 bits per heavy atom. The lowest BCUT2D eigenvalue weighted by atomic mass is 10.3. The Bertz CT molecular complexity index is 1030. The van der Waals surface area contributed by atoms with Crippen LogP contribution < -0.4 is 4.72 Å². The van der Waals surface area contributed by atoms with Crippen LogP contribution in [0.5, 0.6) is 0 Å². The molecule has 0 radical (unpaired) electrons. The standard InChI is InChI=1S/C14H9N3O4S2/c18-23(19,12-8-9-4-1-2-5-10(9)20-12)17-14-16-15-13(21-14)11-6-3-7-22-11/h1-8H,(H,16,17). The molecule has 0 atom stereocenters. The molecule has 0 aliphatic carbocycles. The van der Waals surface area contributed by atoms with E-state index < -0.39 is 10.0 Å². The maximum Gasteiger partial charge on any atom is 0.330 e. The highest BCUT2D eigenvalue weighted by molar-refractivity contribution is 7.92. The van der Waals surface area contributed by atoms with Crippen LogP contribution in [-0.4, -0.2) is 18.6 Å². The van der Waals surface area contributed by atoms with Gasteiger partial charge in [-0.2, -0.15) is 8.42 Å². The number of thiophene rings is 1. The molecule has 3 aromatic heterocycles. The zero-order chi connectivity index (χ0) is 15.9. The Kier molecular flexibility index (Phi) is 3.17. The highest BCUT2D eigenvalue weighted by Gasteiger charge is 2.22. The van der Waals surface area contributed by atoms with Crippen molar-refractivity contribution in [2.24, 2.45) is 0 Å². The van der Waals surface area contributed by atoms with Crippen molar-refractivity contribution in [3.05, 3.63) is 47.8 Å². The van der Waals surface area contributed by atoms with Gasteiger partial charge in [0.25, 0.3) is 15.9 Å². The molecule has 1 N–H and O–H groups in total. The Labute approximate surface area is 134 Å². The largest absolute Gasteiger partial charge is 0.443 e. The van der Waals surface area contributed by atoms with Crippen molar-refractivity contribution in [1.82, 2.24) is 10.2 Å². The van der Waals surface area contributed by atoms with Gasteiger partial charge in [0.05, 0.1) is 4.88 Å². The molecule has 0 fully saturated rings. The fraction of sp³-hybridized carbons (Fsp3) is 0. The molecule has 116 valence electrons. The van der Waals surface area contributed by atoms with E-state index in [2.05, 4.69) is 14.9 Å². The summed E-state index contributed by atoms with van der Waals surface area (Å²) < 4.78 is 37.6. The van der Waals surface area contributed by atoms with Gasteiger partial charge in [0, 0.05) is 11.5 Å². The number of hydrogen-bond donors (Lipinski definition) is 1. The Morgan fingerprint density at radius 3 is 2.70 bits per heavy atom. The van der Waals surface area contributed by atoms with Crippen molar-refractivity contribution in [2.45, 2.75) is 5.09 Å². The van der Waals surface area contributed by atoms with Crippen LogP contribution in [0, 0.1) is 0 Å². The summed E-state index contributed by atoms with van der Waals surface area (Å²) in [7, 11) is -3.94. The van der Waals surface area contributed by atoms with E-state index in [0.29, 0.717) is 11.0 Å². The summed E-state index contributed by atoms with van der Waals surface area (Å²) >= 11 is 1.41. The van der Waals surface area contributed by atoms with Crippen molar-refractivity contribution in [3.63, 3.8) is 0 Å². The Balaban J connectivity index is 1.64. The molecule has 0 saturated carbocycles. The minimum Gasteiger partial charge on any atom is -0.443 e. The second-order valence-electron chi connectivity index (χ2n) is 4.60. The number of para-hydroxylation sites is 1. The third-order valence-corrected chi connectivity index (χ3v) is 5.08. The lowest BCUT2D eigenvalue weighted by Gasteiger charge is -1.99.